The molecule has 5 heteroatoms. The Kier molecular flexibility index (Phi) is 4.73. The molecule has 0 aromatic heterocycles. The van der Waals surface area contributed by atoms with E-state index in [0.29, 0.717) is 5.75 Å². The van der Waals surface area contributed by atoms with Crippen LogP contribution in [-0.2, 0) is 0 Å². The summed E-state index contributed by atoms with van der Waals surface area (Å²) in [6, 6.07) is 7.48. The molecule has 74 valence electrons. The lowest BCUT2D eigenvalue weighted by Crippen LogP contribution is -2.09. The van der Waals surface area contributed by atoms with Crippen LogP contribution in [0.4, 0.5) is 0 Å². The van der Waals surface area contributed by atoms with Crippen molar-refractivity contribution in [3.8, 4) is 11.8 Å². The normalized spacial score (nSPS) is 11.9. The molecule has 0 saturated heterocycles. The highest BCUT2D eigenvalue weighted by Gasteiger charge is 2.08. The van der Waals surface area contributed by atoms with Crippen LogP contribution in [0.25, 0.3) is 0 Å². The predicted octanol–water partition coefficient (Wildman–Crippen LogP) is 3.72. The van der Waals surface area contributed by atoms with Crippen LogP contribution in [0, 0.1) is 11.3 Å². The van der Waals surface area contributed by atoms with E-state index in [-0.39, 0.29) is 6.61 Å². The largest absolute Gasteiger partial charge is 0.489 e. The van der Waals surface area contributed by atoms with Gasteiger partial charge in [0.15, 0.2) is 5.38 Å². The molecule has 0 radical (unpaired) electrons. The highest BCUT2D eigenvalue weighted by molar-refractivity contribution is 9.11. The van der Waals surface area contributed by atoms with Gasteiger partial charge in [-0.15, -0.1) is 11.6 Å². The Bertz CT molecular complexity index is 344. The number of benzene rings is 1. The number of halogens is 3. The van der Waals surface area contributed by atoms with E-state index in [1.54, 1.807) is 0 Å². The number of rotatable bonds is 3. The Balaban J connectivity index is 2.72. The fourth-order valence-electron chi connectivity index (χ4n) is 0.814. The second kappa shape index (κ2) is 5.59. The van der Waals surface area contributed by atoms with E-state index in [1.165, 1.54) is 0 Å². The Morgan fingerprint density at radius 2 is 2.00 bits per heavy atom. The van der Waals surface area contributed by atoms with Crippen molar-refractivity contribution < 1.29 is 4.74 Å². The molecule has 0 amide bonds. The predicted molar refractivity (Wildman–Crippen MR) is 62.6 cm³/mol. The molecular weight excluding hydrogens is 333 g/mol. The van der Waals surface area contributed by atoms with Gasteiger partial charge in [-0.2, -0.15) is 5.26 Å². The minimum Gasteiger partial charge on any atom is -0.489 e. The number of hydrogen-bond acceptors (Lipinski definition) is 2. The third-order valence-corrected chi connectivity index (χ3v) is 2.91. The molecule has 0 N–H and O–H groups in total. The first-order chi connectivity index (χ1) is 6.65. The minimum atomic E-state index is -0.631. The third-order valence-electron chi connectivity index (χ3n) is 1.43. The Hall–Kier alpha value is -0.240. The number of hydrogen-bond donors (Lipinski definition) is 0. The molecule has 0 spiro atoms. The van der Waals surface area contributed by atoms with Gasteiger partial charge in [0.05, 0.1) is 15.0 Å². The average molecular weight is 339 g/mol. The maximum absolute atomic E-state index is 8.47. The fraction of sp³-hybridized carbons (Fsp3) is 0.222. The second-order valence-electron chi connectivity index (χ2n) is 2.46. The molecule has 0 heterocycles. The van der Waals surface area contributed by atoms with Crippen molar-refractivity contribution in [2.75, 3.05) is 6.61 Å². The van der Waals surface area contributed by atoms with E-state index in [4.69, 9.17) is 21.6 Å². The topological polar surface area (TPSA) is 33.0 Å². The van der Waals surface area contributed by atoms with Crippen LogP contribution in [0.3, 0.4) is 0 Å². The van der Waals surface area contributed by atoms with Crippen LogP contribution in [0.2, 0.25) is 0 Å². The molecule has 2 nitrogen and oxygen atoms in total. The molecule has 1 atom stereocenters. The van der Waals surface area contributed by atoms with E-state index in [1.807, 2.05) is 24.3 Å². The number of para-hydroxylation sites is 1. The highest BCUT2D eigenvalue weighted by Crippen LogP contribution is 2.33. The number of nitriles is 1. The monoisotopic (exact) mass is 337 g/mol. The summed E-state index contributed by atoms with van der Waals surface area (Å²) in [6.45, 7) is 0.166. The van der Waals surface area contributed by atoms with Crippen LogP contribution >= 0.6 is 43.5 Å². The maximum Gasteiger partial charge on any atom is 0.154 e. The summed E-state index contributed by atoms with van der Waals surface area (Å²) in [5.41, 5.74) is 0. The average Bonchev–Trinajstić information content (AvgIpc) is 2.16. The molecule has 0 saturated carbocycles. The Labute approximate surface area is 104 Å². The summed E-state index contributed by atoms with van der Waals surface area (Å²) in [7, 11) is 0. The molecule has 1 aromatic rings. The fourth-order valence-corrected chi connectivity index (χ4v) is 2.10. The number of nitrogens with zero attached hydrogens (tertiary/aromatic N) is 1. The Morgan fingerprint density at radius 3 is 2.50 bits per heavy atom. The molecular formula is C9H6Br2ClNO. The summed E-state index contributed by atoms with van der Waals surface area (Å²) in [6.07, 6.45) is 0. The molecule has 0 aliphatic heterocycles. The Morgan fingerprint density at radius 1 is 1.43 bits per heavy atom. The molecule has 1 rings (SSSR count). The van der Waals surface area contributed by atoms with Gasteiger partial charge in [-0.05, 0) is 44.0 Å². The van der Waals surface area contributed by atoms with Gasteiger partial charge >= 0.3 is 0 Å². The summed E-state index contributed by atoms with van der Waals surface area (Å²) >= 11 is 12.3. The summed E-state index contributed by atoms with van der Waals surface area (Å²) in [4.78, 5) is 0. The van der Waals surface area contributed by atoms with Crippen LogP contribution in [-0.4, -0.2) is 12.0 Å². The van der Waals surface area contributed by atoms with Gasteiger partial charge in [-0.25, -0.2) is 0 Å². The first-order valence-electron chi connectivity index (χ1n) is 3.75. The van der Waals surface area contributed by atoms with Gasteiger partial charge in [-0.3, -0.25) is 0 Å². The van der Waals surface area contributed by atoms with E-state index in [0.717, 1.165) is 8.95 Å². The smallest absolute Gasteiger partial charge is 0.154 e. The van der Waals surface area contributed by atoms with Gasteiger partial charge < -0.3 is 4.74 Å². The van der Waals surface area contributed by atoms with E-state index < -0.39 is 5.38 Å². The standard InChI is InChI=1S/C9H6Br2ClNO/c10-7-2-1-3-8(11)9(7)14-5-6(12)4-13/h1-3,6H,5H2. The van der Waals surface area contributed by atoms with Crippen molar-refractivity contribution in [2.24, 2.45) is 0 Å². The third kappa shape index (κ3) is 3.16. The van der Waals surface area contributed by atoms with Crippen molar-refractivity contribution in [1.82, 2.24) is 0 Å². The van der Waals surface area contributed by atoms with Crippen molar-refractivity contribution in [3.05, 3.63) is 27.1 Å². The van der Waals surface area contributed by atoms with Crippen LogP contribution in [0.1, 0.15) is 0 Å². The number of alkyl halides is 1. The van der Waals surface area contributed by atoms with Gasteiger partial charge in [0, 0.05) is 0 Å². The van der Waals surface area contributed by atoms with Gasteiger partial charge in [0.25, 0.3) is 0 Å². The van der Waals surface area contributed by atoms with Crippen molar-refractivity contribution in [1.29, 1.82) is 5.26 Å². The van der Waals surface area contributed by atoms with E-state index in [2.05, 4.69) is 31.9 Å². The van der Waals surface area contributed by atoms with Gasteiger partial charge in [-0.1, -0.05) is 6.07 Å². The molecule has 0 aliphatic rings. The summed E-state index contributed by atoms with van der Waals surface area (Å²) in [5.74, 6) is 0.661. The van der Waals surface area contributed by atoms with Gasteiger partial charge in [0.1, 0.15) is 12.4 Å². The quantitative estimate of drug-likeness (QED) is 0.786. The highest BCUT2D eigenvalue weighted by atomic mass is 79.9. The van der Waals surface area contributed by atoms with Gasteiger partial charge in [0.2, 0.25) is 0 Å². The van der Waals surface area contributed by atoms with E-state index >= 15 is 0 Å². The maximum atomic E-state index is 8.47. The summed E-state index contributed by atoms with van der Waals surface area (Å²) in [5, 5.41) is 7.84. The molecule has 0 bridgehead atoms. The van der Waals surface area contributed by atoms with Crippen molar-refractivity contribution in [2.45, 2.75) is 5.38 Å². The lowest BCUT2D eigenvalue weighted by Gasteiger charge is -2.09. The molecule has 1 aromatic carbocycles. The van der Waals surface area contributed by atoms with Crippen LogP contribution in [0.15, 0.2) is 27.1 Å². The second-order valence-corrected chi connectivity index (χ2v) is 4.69. The zero-order valence-electron chi connectivity index (χ0n) is 7.01. The molecule has 14 heavy (non-hydrogen) atoms. The number of ether oxygens (including phenoxy) is 1. The molecule has 0 aliphatic carbocycles. The lowest BCUT2D eigenvalue weighted by atomic mass is 10.3. The van der Waals surface area contributed by atoms with Crippen LogP contribution in [0.5, 0.6) is 5.75 Å². The zero-order chi connectivity index (χ0) is 10.6. The summed E-state index contributed by atoms with van der Waals surface area (Å²) < 4.78 is 7.03. The zero-order valence-corrected chi connectivity index (χ0v) is 10.9. The SMILES string of the molecule is N#CC(Cl)COc1c(Br)cccc1Br. The van der Waals surface area contributed by atoms with Crippen molar-refractivity contribution >= 4 is 43.5 Å². The van der Waals surface area contributed by atoms with E-state index in [9.17, 15) is 0 Å². The first kappa shape index (κ1) is 11.8. The van der Waals surface area contributed by atoms with Crippen LogP contribution < -0.4 is 4.74 Å². The molecule has 1 unspecified atom stereocenters. The van der Waals surface area contributed by atoms with Crippen molar-refractivity contribution in [3.63, 3.8) is 0 Å². The molecule has 0 fully saturated rings. The lowest BCUT2D eigenvalue weighted by molar-refractivity contribution is 0.325. The first-order valence-corrected chi connectivity index (χ1v) is 5.78. The minimum absolute atomic E-state index is 0.166.